The second-order valence-electron chi connectivity index (χ2n) is 7.16. The van der Waals surface area contributed by atoms with E-state index in [-0.39, 0.29) is 18.5 Å². The number of carbonyl (C=O) groups excluding carboxylic acids is 3. The average molecular weight is 437 g/mol. The third-order valence-corrected chi connectivity index (χ3v) is 5.40. The molecule has 3 aromatic carbocycles. The highest BCUT2D eigenvalue weighted by Gasteiger charge is 2.44. The molecule has 1 saturated heterocycles. The van der Waals surface area contributed by atoms with Gasteiger partial charge in [0.2, 0.25) is 5.91 Å². The summed E-state index contributed by atoms with van der Waals surface area (Å²) >= 11 is 5.91. The molecule has 1 heterocycles. The standard InChI is InChI=1S/C24H18ClFN2O3/c25-17-10-12-18(13-11-17)28-22(29)14-21(24(28)31)27(15-16-6-2-1-3-7-16)23(30)19-8-4-5-9-20(19)26/h1-13,21H,14-15H2. The van der Waals surface area contributed by atoms with E-state index >= 15 is 0 Å². The van der Waals surface area contributed by atoms with Crippen LogP contribution >= 0.6 is 11.6 Å². The molecule has 4 rings (SSSR count). The average Bonchev–Trinajstić information content (AvgIpc) is 3.07. The fourth-order valence-electron chi connectivity index (χ4n) is 3.61. The Bertz CT molecular complexity index is 1140. The predicted octanol–water partition coefficient (Wildman–Crippen LogP) is 4.45. The second-order valence-corrected chi connectivity index (χ2v) is 7.60. The Balaban J connectivity index is 1.70. The van der Waals surface area contributed by atoms with E-state index in [1.165, 1.54) is 23.1 Å². The van der Waals surface area contributed by atoms with Crippen LogP contribution in [0.5, 0.6) is 0 Å². The first-order valence-corrected chi connectivity index (χ1v) is 10.1. The molecule has 31 heavy (non-hydrogen) atoms. The lowest BCUT2D eigenvalue weighted by molar-refractivity contribution is -0.122. The van der Waals surface area contributed by atoms with Gasteiger partial charge in [0.15, 0.2) is 0 Å². The van der Waals surface area contributed by atoms with Crippen LogP contribution in [0.25, 0.3) is 0 Å². The zero-order valence-corrected chi connectivity index (χ0v) is 17.1. The maximum atomic E-state index is 14.4. The number of hydrogen-bond acceptors (Lipinski definition) is 3. The molecule has 3 amide bonds. The minimum atomic E-state index is -1.05. The molecule has 0 bridgehead atoms. The van der Waals surface area contributed by atoms with Gasteiger partial charge >= 0.3 is 0 Å². The summed E-state index contributed by atoms with van der Waals surface area (Å²) in [7, 11) is 0. The van der Waals surface area contributed by atoms with E-state index in [0.29, 0.717) is 10.7 Å². The Morgan fingerprint density at radius 3 is 2.29 bits per heavy atom. The molecule has 1 unspecified atom stereocenters. The predicted molar refractivity (Wildman–Crippen MR) is 115 cm³/mol. The van der Waals surface area contributed by atoms with Gasteiger partial charge in [0, 0.05) is 11.6 Å². The number of carbonyl (C=O) groups is 3. The molecular formula is C24H18ClFN2O3. The van der Waals surface area contributed by atoms with E-state index in [9.17, 15) is 18.8 Å². The summed E-state index contributed by atoms with van der Waals surface area (Å²) in [5.41, 5.74) is 0.987. The van der Waals surface area contributed by atoms with Crippen LogP contribution in [0.4, 0.5) is 10.1 Å². The molecule has 7 heteroatoms. The number of anilines is 1. The van der Waals surface area contributed by atoms with Crippen molar-refractivity contribution in [3.8, 4) is 0 Å². The van der Waals surface area contributed by atoms with Gasteiger partial charge in [-0.3, -0.25) is 14.4 Å². The normalized spacial score (nSPS) is 15.9. The number of rotatable bonds is 5. The minimum Gasteiger partial charge on any atom is -0.322 e. The van der Waals surface area contributed by atoms with Crippen molar-refractivity contribution in [2.24, 2.45) is 0 Å². The quantitative estimate of drug-likeness (QED) is 0.555. The first kappa shape index (κ1) is 20.8. The molecular weight excluding hydrogens is 419 g/mol. The lowest BCUT2D eigenvalue weighted by Gasteiger charge is -2.28. The molecule has 3 aromatic rings. The summed E-state index contributed by atoms with van der Waals surface area (Å²) in [6.45, 7) is 0.0617. The van der Waals surface area contributed by atoms with Gasteiger partial charge in [0.05, 0.1) is 17.7 Å². The van der Waals surface area contributed by atoms with Crippen LogP contribution in [0.1, 0.15) is 22.3 Å². The van der Waals surface area contributed by atoms with Crippen molar-refractivity contribution in [3.05, 3.63) is 101 Å². The zero-order chi connectivity index (χ0) is 22.0. The SMILES string of the molecule is O=C1CC(N(Cc2ccccc2)C(=O)c2ccccc2F)C(=O)N1c1ccc(Cl)cc1. The largest absolute Gasteiger partial charge is 0.322 e. The first-order valence-electron chi connectivity index (χ1n) is 9.67. The number of hydrogen-bond donors (Lipinski definition) is 0. The summed E-state index contributed by atoms with van der Waals surface area (Å²) in [4.78, 5) is 41.6. The maximum absolute atomic E-state index is 14.4. The minimum absolute atomic E-state index is 0.0617. The topological polar surface area (TPSA) is 57.7 Å². The van der Waals surface area contributed by atoms with Crippen LogP contribution in [0, 0.1) is 5.82 Å². The highest BCUT2D eigenvalue weighted by Crippen LogP contribution is 2.29. The molecule has 156 valence electrons. The summed E-state index contributed by atoms with van der Waals surface area (Å²) in [5.74, 6) is -2.30. The number of halogens is 2. The van der Waals surface area contributed by atoms with Gasteiger partial charge in [0.25, 0.3) is 11.8 Å². The Hall–Kier alpha value is -3.51. The number of imide groups is 1. The van der Waals surface area contributed by atoms with Crippen LogP contribution in [0.2, 0.25) is 5.02 Å². The van der Waals surface area contributed by atoms with Crippen LogP contribution in [0.15, 0.2) is 78.9 Å². The summed E-state index contributed by atoms with van der Waals surface area (Å²) < 4.78 is 14.4. The molecule has 1 atom stereocenters. The smallest absolute Gasteiger partial charge is 0.257 e. The number of benzene rings is 3. The van der Waals surface area contributed by atoms with Crippen LogP contribution in [-0.4, -0.2) is 28.7 Å². The summed E-state index contributed by atoms with van der Waals surface area (Å²) in [6.07, 6.45) is -0.186. The number of amides is 3. The van der Waals surface area contributed by atoms with E-state index in [1.54, 1.807) is 42.5 Å². The maximum Gasteiger partial charge on any atom is 0.257 e. The van der Waals surface area contributed by atoms with Gasteiger partial charge in [-0.2, -0.15) is 0 Å². The van der Waals surface area contributed by atoms with Crippen LogP contribution in [0.3, 0.4) is 0 Å². The first-order chi connectivity index (χ1) is 15.0. The van der Waals surface area contributed by atoms with Gasteiger partial charge in [-0.25, -0.2) is 9.29 Å². The Morgan fingerprint density at radius 1 is 0.968 bits per heavy atom. The van der Waals surface area contributed by atoms with Crippen LogP contribution < -0.4 is 4.90 Å². The molecule has 0 spiro atoms. The zero-order valence-electron chi connectivity index (χ0n) is 16.4. The third kappa shape index (κ3) is 4.20. The molecule has 0 saturated carbocycles. The van der Waals surface area contributed by atoms with E-state index in [1.807, 2.05) is 18.2 Å². The van der Waals surface area contributed by atoms with Crippen molar-refractivity contribution in [1.82, 2.24) is 4.90 Å². The fraction of sp³-hybridized carbons (Fsp3) is 0.125. The third-order valence-electron chi connectivity index (χ3n) is 5.14. The molecule has 0 N–H and O–H groups in total. The highest BCUT2D eigenvalue weighted by atomic mass is 35.5. The van der Waals surface area contributed by atoms with Crippen molar-refractivity contribution >= 4 is 35.0 Å². The molecule has 1 aliphatic rings. The molecule has 1 aliphatic heterocycles. The van der Waals surface area contributed by atoms with Gasteiger partial charge in [-0.15, -0.1) is 0 Å². The molecule has 0 aromatic heterocycles. The lowest BCUT2D eigenvalue weighted by atomic mass is 10.1. The lowest BCUT2D eigenvalue weighted by Crippen LogP contribution is -2.45. The van der Waals surface area contributed by atoms with Crippen molar-refractivity contribution in [1.29, 1.82) is 0 Å². The van der Waals surface area contributed by atoms with Crippen molar-refractivity contribution in [3.63, 3.8) is 0 Å². The monoisotopic (exact) mass is 436 g/mol. The van der Waals surface area contributed by atoms with E-state index in [0.717, 1.165) is 10.5 Å². The van der Waals surface area contributed by atoms with Crippen molar-refractivity contribution in [2.45, 2.75) is 19.0 Å². The fourth-order valence-corrected chi connectivity index (χ4v) is 3.74. The van der Waals surface area contributed by atoms with Gasteiger partial charge in [-0.05, 0) is 42.0 Å². The second kappa shape index (κ2) is 8.70. The van der Waals surface area contributed by atoms with E-state index in [4.69, 9.17) is 11.6 Å². The van der Waals surface area contributed by atoms with Gasteiger partial charge in [-0.1, -0.05) is 54.1 Å². The Kier molecular flexibility index (Phi) is 5.82. The van der Waals surface area contributed by atoms with Crippen molar-refractivity contribution in [2.75, 3.05) is 4.90 Å². The number of nitrogens with zero attached hydrogens (tertiary/aromatic N) is 2. The Morgan fingerprint density at radius 2 is 1.61 bits per heavy atom. The van der Waals surface area contributed by atoms with Gasteiger partial charge < -0.3 is 4.90 Å². The van der Waals surface area contributed by atoms with Crippen LogP contribution in [-0.2, 0) is 16.1 Å². The van der Waals surface area contributed by atoms with E-state index < -0.39 is 29.6 Å². The molecule has 5 nitrogen and oxygen atoms in total. The molecule has 0 aliphatic carbocycles. The highest BCUT2D eigenvalue weighted by molar-refractivity contribution is 6.31. The van der Waals surface area contributed by atoms with Crippen molar-refractivity contribution < 1.29 is 18.8 Å². The molecule has 1 fully saturated rings. The molecule has 0 radical (unpaired) electrons. The van der Waals surface area contributed by atoms with Gasteiger partial charge in [0.1, 0.15) is 11.9 Å². The Labute approximate surface area is 183 Å². The van der Waals surface area contributed by atoms with E-state index in [2.05, 4.69) is 0 Å². The summed E-state index contributed by atoms with van der Waals surface area (Å²) in [5, 5.41) is 0.472. The summed E-state index contributed by atoms with van der Waals surface area (Å²) in [6, 6.07) is 19.9.